The summed E-state index contributed by atoms with van der Waals surface area (Å²) in [5.74, 6) is -1.09. The first-order valence-electron chi connectivity index (χ1n) is 13.4. The second-order valence-corrected chi connectivity index (χ2v) is 12.9. The molecule has 13 heteroatoms. The van der Waals surface area contributed by atoms with Crippen LogP contribution in [-0.2, 0) is 20.4 Å². The van der Waals surface area contributed by atoms with Crippen LogP contribution in [0.3, 0.4) is 0 Å². The smallest absolute Gasteiger partial charge is 0.417 e. The molecule has 1 aliphatic carbocycles. The number of unbranched alkanes of at least 4 members (excludes halogenated alkanes) is 2. The second-order valence-electron chi connectivity index (χ2n) is 10.8. The molecule has 2 aliphatic rings. The molecule has 1 aromatic heterocycles. The molecule has 41 heavy (non-hydrogen) atoms. The molecule has 0 spiro atoms. The van der Waals surface area contributed by atoms with Gasteiger partial charge in [0.05, 0.1) is 11.9 Å². The number of nitrogens with zero attached hydrogens (tertiary/aromatic N) is 2. The van der Waals surface area contributed by atoms with Crippen molar-refractivity contribution in [1.82, 2.24) is 8.87 Å². The topological polar surface area (TPSA) is 68.6 Å². The lowest BCUT2D eigenvalue weighted by Crippen LogP contribution is -2.62. The molecule has 226 valence electrons. The van der Waals surface area contributed by atoms with E-state index in [9.17, 15) is 26.4 Å². The van der Waals surface area contributed by atoms with Gasteiger partial charge in [-0.25, -0.2) is 12.7 Å². The Bertz CT molecular complexity index is 1380. The van der Waals surface area contributed by atoms with Crippen LogP contribution in [0.25, 0.3) is 5.57 Å². The van der Waals surface area contributed by atoms with E-state index >= 15 is 13.2 Å². The number of ether oxygens (including phenoxy) is 1. The first kappa shape index (κ1) is 31.0. The number of carbonyl (C=O) groups excluding carboxylic acids is 1. The number of aromatic nitrogens is 1. The largest absolute Gasteiger partial charge is 0.494 e. The standard InChI is InChI=1S/C28H32F6N2O4S/c1-19(2)35-14-12-20(18-35)21-16-25(37)36(41(38,39)24-10-11-24)26(17-21,28(32,33)34)22-6-8-23(9-7-22)40-15-5-3-4-13-27(29,30)31/h6-9,12,14,16,18-19,24H,3-5,10-11,13,15,17H2,1-2H3. The van der Waals surface area contributed by atoms with Gasteiger partial charge in [-0.15, -0.1) is 0 Å². The summed E-state index contributed by atoms with van der Waals surface area (Å²) in [6, 6.07) is 6.29. The molecule has 4 rings (SSSR count). The third-order valence-corrected chi connectivity index (χ3v) is 9.66. The van der Waals surface area contributed by atoms with Crippen LogP contribution in [0, 0.1) is 0 Å². The summed E-state index contributed by atoms with van der Waals surface area (Å²) in [4.78, 5) is 13.4. The maximum absolute atomic E-state index is 15.2. The van der Waals surface area contributed by atoms with Crippen molar-refractivity contribution in [3.8, 4) is 5.75 Å². The van der Waals surface area contributed by atoms with Gasteiger partial charge in [0.15, 0.2) is 5.54 Å². The lowest BCUT2D eigenvalue weighted by atomic mass is 9.79. The molecular formula is C28H32F6N2O4S. The predicted molar refractivity (Wildman–Crippen MR) is 140 cm³/mol. The molecular weight excluding hydrogens is 574 g/mol. The van der Waals surface area contributed by atoms with E-state index in [-0.39, 0.29) is 54.0 Å². The normalized spacial score (nSPS) is 20.5. The third-order valence-electron chi connectivity index (χ3n) is 7.35. The highest BCUT2D eigenvalue weighted by Gasteiger charge is 2.67. The summed E-state index contributed by atoms with van der Waals surface area (Å²) in [6.45, 7) is 3.84. The van der Waals surface area contributed by atoms with Crippen molar-refractivity contribution in [3.63, 3.8) is 0 Å². The molecule has 1 saturated carbocycles. The number of hydrogen-bond acceptors (Lipinski definition) is 4. The monoisotopic (exact) mass is 606 g/mol. The van der Waals surface area contributed by atoms with Crippen LogP contribution in [0.1, 0.15) is 76.0 Å². The van der Waals surface area contributed by atoms with Gasteiger partial charge in [-0.1, -0.05) is 12.1 Å². The number of hydrogen-bond donors (Lipinski definition) is 0. The number of carbonyl (C=O) groups is 1. The van der Waals surface area contributed by atoms with Crippen molar-refractivity contribution in [2.75, 3.05) is 6.61 Å². The molecule has 1 amide bonds. The first-order chi connectivity index (χ1) is 19.1. The molecule has 1 atom stereocenters. The quantitative estimate of drug-likeness (QED) is 0.202. The van der Waals surface area contributed by atoms with Crippen LogP contribution >= 0.6 is 0 Å². The Labute approximate surface area is 235 Å². The van der Waals surface area contributed by atoms with Crippen molar-refractivity contribution in [2.45, 2.75) is 88.0 Å². The van der Waals surface area contributed by atoms with E-state index in [1.165, 1.54) is 12.1 Å². The molecule has 1 unspecified atom stereocenters. The van der Waals surface area contributed by atoms with Gasteiger partial charge in [0.1, 0.15) is 5.75 Å². The molecule has 1 aliphatic heterocycles. The Morgan fingerprint density at radius 2 is 1.66 bits per heavy atom. The summed E-state index contributed by atoms with van der Waals surface area (Å²) < 4.78 is 117. The minimum atomic E-state index is -5.17. The van der Waals surface area contributed by atoms with Crippen LogP contribution in [0.4, 0.5) is 26.3 Å². The van der Waals surface area contributed by atoms with E-state index in [1.54, 1.807) is 23.0 Å². The number of rotatable bonds is 11. The van der Waals surface area contributed by atoms with Crippen molar-refractivity contribution < 1.29 is 44.3 Å². The van der Waals surface area contributed by atoms with Crippen LogP contribution in [0.15, 0.2) is 48.8 Å². The average molecular weight is 607 g/mol. The lowest BCUT2D eigenvalue weighted by Gasteiger charge is -2.46. The lowest BCUT2D eigenvalue weighted by molar-refractivity contribution is -0.221. The van der Waals surface area contributed by atoms with E-state index in [4.69, 9.17) is 4.74 Å². The number of halogens is 6. The Kier molecular flexibility index (Phi) is 8.60. The Balaban J connectivity index is 1.66. The summed E-state index contributed by atoms with van der Waals surface area (Å²) >= 11 is 0. The van der Waals surface area contributed by atoms with E-state index in [0.717, 1.165) is 18.2 Å². The molecule has 6 nitrogen and oxygen atoms in total. The molecule has 0 N–H and O–H groups in total. The third kappa shape index (κ3) is 6.60. The number of sulfonamides is 1. The van der Waals surface area contributed by atoms with Gasteiger partial charge < -0.3 is 9.30 Å². The molecule has 2 aromatic rings. The van der Waals surface area contributed by atoms with Gasteiger partial charge >= 0.3 is 12.4 Å². The van der Waals surface area contributed by atoms with E-state index < -0.39 is 57.5 Å². The Morgan fingerprint density at radius 3 is 2.20 bits per heavy atom. The highest BCUT2D eigenvalue weighted by Crippen LogP contribution is 2.54. The van der Waals surface area contributed by atoms with Gasteiger partial charge in [0, 0.05) is 37.4 Å². The van der Waals surface area contributed by atoms with Crippen molar-refractivity contribution in [1.29, 1.82) is 0 Å². The van der Waals surface area contributed by atoms with Gasteiger partial charge in [-0.05, 0) is 80.9 Å². The van der Waals surface area contributed by atoms with Gasteiger partial charge in [-0.3, -0.25) is 4.79 Å². The van der Waals surface area contributed by atoms with Crippen LogP contribution < -0.4 is 4.74 Å². The molecule has 0 bridgehead atoms. The van der Waals surface area contributed by atoms with Crippen LogP contribution in [0.5, 0.6) is 5.75 Å². The SMILES string of the molecule is CC(C)n1ccc(C2=CC(=O)N(S(=O)(=O)C3CC3)C(c3ccc(OCCCCCC(F)(F)F)cc3)(C(F)(F)F)C2)c1. The summed E-state index contributed by atoms with van der Waals surface area (Å²) in [5, 5.41) is -1.06. The minimum Gasteiger partial charge on any atom is -0.494 e. The van der Waals surface area contributed by atoms with Gasteiger partial charge in [0.25, 0.3) is 5.91 Å². The second kappa shape index (κ2) is 11.4. The highest BCUT2D eigenvalue weighted by atomic mass is 32.2. The predicted octanol–water partition coefficient (Wildman–Crippen LogP) is 7.14. The molecule has 0 radical (unpaired) electrons. The van der Waals surface area contributed by atoms with Crippen molar-refractivity contribution in [2.24, 2.45) is 0 Å². The summed E-state index contributed by atoms with van der Waals surface area (Å²) in [5.41, 5.74) is -3.18. The fourth-order valence-electron chi connectivity index (χ4n) is 4.98. The highest BCUT2D eigenvalue weighted by molar-refractivity contribution is 7.90. The zero-order valence-electron chi connectivity index (χ0n) is 22.6. The maximum Gasteiger partial charge on any atom is 0.417 e. The van der Waals surface area contributed by atoms with Gasteiger partial charge in [-0.2, -0.15) is 26.3 Å². The van der Waals surface area contributed by atoms with E-state index in [0.29, 0.717) is 12.0 Å². The first-order valence-corrected chi connectivity index (χ1v) is 14.9. The molecule has 0 saturated heterocycles. The van der Waals surface area contributed by atoms with E-state index in [2.05, 4.69) is 0 Å². The van der Waals surface area contributed by atoms with Crippen molar-refractivity contribution in [3.05, 3.63) is 59.9 Å². The zero-order valence-corrected chi connectivity index (χ0v) is 23.5. The number of amides is 1. The van der Waals surface area contributed by atoms with Crippen molar-refractivity contribution >= 4 is 21.5 Å². The summed E-state index contributed by atoms with van der Waals surface area (Å²) in [7, 11) is -4.63. The number of alkyl halides is 6. The zero-order chi connectivity index (χ0) is 30.2. The Hall–Kier alpha value is -2.96. The molecule has 1 fully saturated rings. The molecule has 1 aromatic carbocycles. The van der Waals surface area contributed by atoms with Crippen LogP contribution in [-0.4, -0.2) is 47.4 Å². The fourth-order valence-corrected chi connectivity index (χ4v) is 7.02. The van der Waals surface area contributed by atoms with E-state index in [1.807, 2.05) is 13.8 Å². The average Bonchev–Trinajstić information content (AvgIpc) is 3.62. The molecule has 2 heterocycles. The Morgan fingerprint density at radius 1 is 1.00 bits per heavy atom. The maximum atomic E-state index is 15.2. The minimum absolute atomic E-state index is 0.0138. The number of benzene rings is 1. The van der Waals surface area contributed by atoms with Gasteiger partial charge in [0.2, 0.25) is 10.0 Å². The summed E-state index contributed by atoms with van der Waals surface area (Å²) in [6.07, 6.45) is -5.98. The fraction of sp³-hybridized carbons (Fsp3) is 0.536. The van der Waals surface area contributed by atoms with Crippen LogP contribution in [0.2, 0.25) is 0 Å².